The van der Waals surface area contributed by atoms with Crippen LogP contribution in [0.4, 0.5) is 8.78 Å². The zero-order chi connectivity index (χ0) is 24.0. The second kappa shape index (κ2) is 8.55. The van der Waals surface area contributed by atoms with Gasteiger partial charge in [-0.05, 0) is 30.7 Å². The number of nitrogens with zero attached hydrogens (tertiary/aromatic N) is 3. The summed E-state index contributed by atoms with van der Waals surface area (Å²) < 4.78 is 41.6. The summed E-state index contributed by atoms with van der Waals surface area (Å²) in [5.74, 6) is -1.26. The molecule has 3 heterocycles. The molecular weight excluding hydrogens is 444 g/mol. The Morgan fingerprint density at radius 2 is 2.00 bits per heavy atom. The van der Waals surface area contributed by atoms with Crippen LogP contribution in [0.2, 0.25) is 0 Å². The van der Waals surface area contributed by atoms with Crippen molar-refractivity contribution in [3.63, 3.8) is 0 Å². The van der Waals surface area contributed by atoms with E-state index in [1.54, 1.807) is 23.0 Å². The molecule has 9 heteroatoms. The van der Waals surface area contributed by atoms with Gasteiger partial charge in [0.15, 0.2) is 17.3 Å². The lowest BCUT2D eigenvalue weighted by Gasteiger charge is -2.39. The van der Waals surface area contributed by atoms with Crippen LogP contribution in [0, 0.1) is 24.5 Å². The van der Waals surface area contributed by atoms with Gasteiger partial charge in [0.25, 0.3) is 5.91 Å². The van der Waals surface area contributed by atoms with Gasteiger partial charge in [-0.3, -0.25) is 14.3 Å². The molecule has 0 saturated carbocycles. The lowest BCUT2D eigenvalue weighted by Crippen LogP contribution is -2.52. The van der Waals surface area contributed by atoms with Gasteiger partial charge < -0.3 is 14.4 Å². The van der Waals surface area contributed by atoms with Crippen LogP contribution in [-0.2, 0) is 18.3 Å². The third-order valence-electron chi connectivity index (χ3n) is 6.35. The van der Waals surface area contributed by atoms with Crippen molar-refractivity contribution in [2.45, 2.75) is 13.3 Å². The average molecular weight is 467 g/mol. The minimum Gasteiger partial charge on any atom is -0.490 e. The number of hydrogen-bond acceptors (Lipinski definition) is 5. The number of aryl methyl sites for hydroxylation is 1. The molecule has 0 unspecified atom stereocenters. The second-order valence-corrected chi connectivity index (χ2v) is 8.74. The summed E-state index contributed by atoms with van der Waals surface area (Å²) in [5, 5.41) is 4.18. The molecule has 3 aromatic rings. The molecule has 176 valence electrons. The standard InChI is InChI=1S/C25H23F2N3O4/c1-14-20(9-28-29(14)2)16-3-4-23(22(27)7-16)33-12-15-10-30(11-15)25(32)19-6-17-5-18(31)13-34-24(17)8-21(19)26/h3-4,6-9,15H,5,10-13H2,1-2H3. The minimum absolute atomic E-state index is 0.00851. The number of carbonyl (C=O) groups excluding carboxylic acids is 2. The highest BCUT2D eigenvalue weighted by Gasteiger charge is 2.34. The zero-order valence-electron chi connectivity index (χ0n) is 18.8. The summed E-state index contributed by atoms with van der Waals surface area (Å²) in [6.45, 7) is 2.82. The van der Waals surface area contributed by atoms with Crippen molar-refractivity contribution in [3.05, 3.63) is 65.0 Å². The predicted molar refractivity (Wildman–Crippen MR) is 119 cm³/mol. The van der Waals surface area contributed by atoms with Crippen LogP contribution >= 0.6 is 0 Å². The Hall–Kier alpha value is -3.75. The van der Waals surface area contributed by atoms with E-state index < -0.39 is 17.5 Å². The molecule has 0 spiro atoms. The molecule has 0 atom stereocenters. The Balaban J connectivity index is 1.18. The van der Waals surface area contributed by atoms with E-state index in [-0.39, 0.29) is 42.6 Å². The maximum absolute atomic E-state index is 14.6. The molecule has 34 heavy (non-hydrogen) atoms. The molecule has 2 aliphatic rings. The lowest BCUT2D eigenvalue weighted by atomic mass is 9.97. The van der Waals surface area contributed by atoms with Crippen molar-refractivity contribution >= 4 is 11.7 Å². The highest BCUT2D eigenvalue weighted by atomic mass is 19.1. The van der Waals surface area contributed by atoms with E-state index in [1.165, 1.54) is 17.0 Å². The molecular formula is C25H23F2N3O4. The number of halogens is 2. The van der Waals surface area contributed by atoms with E-state index in [2.05, 4.69) is 5.10 Å². The van der Waals surface area contributed by atoms with Crippen LogP contribution in [0.25, 0.3) is 11.1 Å². The molecule has 0 aliphatic carbocycles. The van der Waals surface area contributed by atoms with E-state index in [0.717, 1.165) is 22.9 Å². The summed E-state index contributed by atoms with van der Waals surface area (Å²) in [4.78, 5) is 25.8. The Kier molecular flexibility index (Phi) is 5.55. The number of ether oxygens (including phenoxy) is 2. The van der Waals surface area contributed by atoms with Crippen molar-refractivity contribution in [2.75, 3.05) is 26.3 Å². The van der Waals surface area contributed by atoms with Crippen molar-refractivity contribution in [3.8, 4) is 22.6 Å². The first-order chi connectivity index (χ1) is 16.3. The van der Waals surface area contributed by atoms with E-state index in [4.69, 9.17) is 9.47 Å². The summed E-state index contributed by atoms with van der Waals surface area (Å²) >= 11 is 0. The number of amides is 1. The summed E-state index contributed by atoms with van der Waals surface area (Å²) in [7, 11) is 1.83. The monoisotopic (exact) mass is 467 g/mol. The van der Waals surface area contributed by atoms with Crippen LogP contribution in [0.15, 0.2) is 36.5 Å². The first kappa shape index (κ1) is 22.1. The number of aromatic nitrogens is 2. The summed E-state index contributed by atoms with van der Waals surface area (Å²) in [6.07, 6.45) is 1.82. The van der Waals surface area contributed by atoms with E-state index >= 15 is 0 Å². The maximum atomic E-state index is 14.6. The van der Waals surface area contributed by atoms with Crippen molar-refractivity contribution < 1.29 is 27.8 Å². The lowest BCUT2D eigenvalue weighted by molar-refractivity contribution is -0.121. The number of benzene rings is 2. The van der Waals surface area contributed by atoms with E-state index in [9.17, 15) is 18.4 Å². The van der Waals surface area contributed by atoms with E-state index in [1.807, 2.05) is 14.0 Å². The number of hydrogen-bond donors (Lipinski definition) is 0. The predicted octanol–water partition coefficient (Wildman–Crippen LogP) is 3.33. The van der Waals surface area contributed by atoms with Crippen molar-refractivity contribution in [1.29, 1.82) is 0 Å². The molecule has 1 aromatic heterocycles. The van der Waals surface area contributed by atoms with Gasteiger partial charge in [-0.1, -0.05) is 6.07 Å². The average Bonchev–Trinajstić information content (AvgIpc) is 3.11. The van der Waals surface area contributed by atoms with Gasteiger partial charge in [0.05, 0.1) is 18.4 Å². The fourth-order valence-electron chi connectivity index (χ4n) is 4.24. The fourth-order valence-corrected chi connectivity index (χ4v) is 4.24. The normalized spacial score (nSPS) is 15.5. The van der Waals surface area contributed by atoms with Crippen LogP contribution < -0.4 is 9.47 Å². The SMILES string of the molecule is Cc1c(-c2ccc(OCC3CN(C(=O)c4cc5c(cc4F)OCC(=O)C5)C3)c(F)c2)cnn1C. The number of carbonyl (C=O) groups is 2. The number of fused-ring (bicyclic) bond motifs is 1. The molecule has 7 nitrogen and oxygen atoms in total. The Morgan fingerprint density at radius 1 is 1.21 bits per heavy atom. The molecule has 0 bridgehead atoms. The molecule has 0 N–H and O–H groups in total. The Bertz CT molecular complexity index is 1300. The largest absolute Gasteiger partial charge is 0.490 e. The Labute approximate surface area is 194 Å². The third-order valence-corrected chi connectivity index (χ3v) is 6.35. The molecule has 1 saturated heterocycles. The quantitative estimate of drug-likeness (QED) is 0.576. The fraction of sp³-hybridized carbons (Fsp3) is 0.320. The molecule has 2 aliphatic heterocycles. The molecule has 5 rings (SSSR count). The zero-order valence-corrected chi connectivity index (χ0v) is 18.8. The topological polar surface area (TPSA) is 73.7 Å². The minimum atomic E-state index is -0.677. The van der Waals surface area contributed by atoms with Gasteiger partial charge in [-0.15, -0.1) is 0 Å². The highest BCUT2D eigenvalue weighted by Crippen LogP contribution is 2.30. The van der Waals surface area contributed by atoms with Gasteiger partial charge in [-0.25, -0.2) is 8.78 Å². The molecule has 1 amide bonds. The van der Waals surface area contributed by atoms with Crippen LogP contribution in [0.3, 0.4) is 0 Å². The number of Topliss-reactive ketones (excluding diaryl/α,β-unsaturated/α-hetero) is 1. The molecule has 2 aromatic carbocycles. The highest BCUT2D eigenvalue weighted by molar-refractivity contribution is 5.96. The van der Waals surface area contributed by atoms with Gasteiger partial charge >= 0.3 is 0 Å². The van der Waals surface area contributed by atoms with Gasteiger partial charge in [0.2, 0.25) is 0 Å². The maximum Gasteiger partial charge on any atom is 0.256 e. The van der Waals surface area contributed by atoms with E-state index in [0.29, 0.717) is 24.4 Å². The second-order valence-electron chi connectivity index (χ2n) is 8.74. The van der Waals surface area contributed by atoms with Crippen LogP contribution in [0.5, 0.6) is 11.5 Å². The molecule has 0 radical (unpaired) electrons. The third kappa shape index (κ3) is 4.02. The van der Waals surface area contributed by atoms with Crippen molar-refractivity contribution in [1.82, 2.24) is 14.7 Å². The van der Waals surface area contributed by atoms with Gasteiger partial charge in [0.1, 0.15) is 18.2 Å². The Morgan fingerprint density at radius 3 is 2.71 bits per heavy atom. The smallest absolute Gasteiger partial charge is 0.256 e. The van der Waals surface area contributed by atoms with Crippen molar-refractivity contribution in [2.24, 2.45) is 13.0 Å². The van der Waals surface area contributed by atoms with Gasteiger partial charge in [-0.2, -0.15) is 5.10 Å². The van der Waals surface area contributed by atoms with Gasteiger partial charge in [0, 0.05) is 55.4 Å². The number of likely N-dealkylation sites (tertiary alicyclic amines) is 1. The summed E-state index contributed by atoms with van der Waals surface area (Å²) in [5.41, 5.74) is 2.94. The van der Waals surface area contributed by atoms with Crippen LogP contribution in [-0.4, -0.2) is 52.7 Å². The number of ketones is 1. The first-order valence-electron chi connectivity index (χ1n) is 11.0. The number of rotatable bonds is 5. The first-order valence-corrected chi connectivity index (χ1v) is 11.0. The molecule has 1 fully saturated rings. The summed E-state index contributed by atoms with van der Waals surface area (Å²) in [6, 6.07) is 7.35. The van der Waals surface area contributed by atoms with Crippen LogP contribution in [0.1, 0.15) is 21.6 Å².